The zero-order valence-electron chi connectivity index (χ0n) is 16.3. The summed E-state index contributed by atoms with van der Waals surface area (Å²) in [5.74, 6) is 0.827. The zero-order chi connectivity index (χ0) is 21.3. The highest BCUT2D eigenvalue weighted by molar-refractivity contribution is 6.30. The molecule has 0 spiro atoms. The Hall–Kier alpha value is -3.45. The maximum atomic E-state index is 12.4. The lowest BCUT2D eigenvalue weighted by Crippen LogP contribution is -2.36. The Morgan fingerprint density at radius 3 is 2.53 bits per heavy atom. The molecule has 8 heteroatoms. The molecule has 3 rings (SSSR count). The Bertz CT molecular complexity index is 987. The third kappa shape index (κ3) is 6.02. The summed E-state index contributed by atoms with van der Waals surface area (Å²) >= 11 is 5.88. The van der Waals surface area contributed by atoms with Crippen LogP contribution >= 0.6 is 11.6 Å². The van der Waals surface area contributed by atoms with Crippen molar-refractivity contribution < 1.29 is 23.5 Å². The minimum absolute atomic E-state index is 0.156. The Morgan fingerprint density at radius 2 is 1.83 bits per heavy atom. The summed E-state index contributed by atoms with van der Waals surface area (Å²) < 4.78 is 16.2. The average Bonchev–Trinajstić information content (AvgIpc) is 3.29. The molecule has 0 aliphatic rings. The number of furan rings is 1. The number of rotatable bonds is 9. The van der Waals surface area contributed by atoms with E-state index in [0.29, 0.717) is 34.5 Å². The van der Waals surface area contributed by atoms with Crippen LogP contribution in [-0.4, -0.2) is 25.5 Å². The second kappa shape index (κ2) is 10.4. The molecule has 3 aromatic rings. The van der Waals surface area contributed by atoms with Gasteiger partial charge in [-0.25, -0.2) is 0 Å². The number of carbonyl (C=O) groups is 2. The van der Waals surface area contributed by atoms with Crippen LogP contribution in [0.2, 0.25) is 5.02 Å². The average molecular weight is 429 g/mol. The Kier molecular flexibility index (Phi) is 7.34. The van der Waals surface area contributed by atoms with Crippen molar-refractivity contribution >= 4 is 23.4 Å². The molecule has 0 saturated heterocycles. The summed E-state index contributed by atoms with van der Waals surface area (Å²) in [7, 11) is 1.49. The topological polar surface area (TPSA) is 89.8 Å². The van der Waals surface area contributed by atoms with E-state index in [-0.39, 0.29) is 19.0 Å². The second-order valence-electron chi connectivity index (χ2n) is 6.32. The van der Waals surface area contributed by atoms with Crippen LogP contribution in [0.5, 0.6) is 11.5 Å². The predicted molar refractivity (Wildman–Crippen MR) is 112 cm³/mol. The molecule has 2 amide bonds. The SMILES string of the molecule is COc1cc(C(=O)NCC(=O)NCc2ccco2)ccc1OCc1ccc(Cl)cc1. The van der Waals surface area contributed by atoms with Gasteiger partial charge in [-0.15, -0.1) is 0 Å². The Balaban J connectivity index is 1.53. The fraction of sp³-hybridized carbons (Fsp3) is 0.182. The number of benzene rings is 2. The van der Waals surface area contributed by atoms with Gasteiger partial charge in [-0.1, -0.05) is 23.7 Å². The first-order chi connectivity index (χ1) is 14.5. The van der Waals surface area contributed by atoms with Crippen molar-refractivity contribution in [2.75, 3.05) is 13.7 Å². The van der Waals surface area contributed by atoms with E-state index >= 15 is 0 Å². The number of ether oxygens (including phenoxy) is 2. The molecule has 0 unspecified atom stereocenters. The van der Waals surface area contributed by atoms with Crippen LogP contribution in [-0.2, 0) is 17.9 Å². The summed E-state index contributed by atoms with van der Waals surface area (Å²) in [5.41, 5.74) is 1.30. The fourth-order valence-corrected chi connectivity index (χ4v) is 2.72. The molecule has 0 atom stereocenters. The van der Waals surface area contributed by atoms with Gasteiger partial charge in [0.15, 0.2) is 11.5 Å². The van der Waals surface area contributed by atoms with Gasteiger partial charge in [0.2, 0.25) is 5.91 Å². The number of hydrogen-bond acceptors (Lipinski definition) is 5. The lowest BCUT2D eigenvalue weighted by Gasteiger charge is -2.12. The third-order valence-corrected chi connectivity index (χ3v) is 4.43. The molecule has 2 N–H and O–H groups in total. The van der Waals surface area contributed by atoms with E-state index in [0.717, 1.165) is 5.56 Å². The van der Waals surface area contributed by atoms with Crippen molar-refractivity contribution in [3.05, 3.63) is 82.8 Å². The molecule has 1 aromatic heterocycles. The van der Waals surface area contributed by atoms with Crippen molar-refractivity contribution in [3.63, 3.8) is 0 Å². The monoisotopic (exact) mass is 428 g/mol. The van der Waals surface area contributed by atoms with Crippen molar-refractivity contribution in [2.45, 2.75) is 13.2 Å². The van der Waals surface area contributed by atoms with Gasteiger partial charge >= 0.3 is 0 Å². The predicted octanol–water partition coefficient (Wildman–Crippen LogP) is 3.57. The highest BCUT2D eigenvalue weighted by Gasteiger charge is 2.13. The van der Waals surface area contributed by atoms with Gasteiger partial charge in [0.25, 0.3) is 5.91 Å². The minimum Gasteiger partial charge on any atom is -0.493 e. The zero-order valence-corrected chi connectivity index (χ0v) is 17.1. The second-order valence-corrected chi connectivity index (χ2v) is 6.76. The number of amides is 2. The molecule has 7 nitrogen and oxygen atoms in total. The van der Waals surface area contributed by atoms with Crippen molar-refractivity contribution in [3.8, 4) is 11.5 Å². The van der Waals surface area contributed by atoms with Crippen LogP contribution in [0.4, 0.5) is 0 Å². The molecule has 0 aliphatic carbocycles. The lowest BCUT2D eigenvalue weighted by molar-refractivity contribution is -0.120. The summed E-state index contributed by atoms with van der Waals surface area (Å²) in [4.78, 5) is 24.2. The van der Waals surface area contributed by atoms with Gasteiger partial charge in [-0.3, -0.25) is 9.59 Å². The molecule has 156 valence electrons. The first-order valence-corrected chi connectivity index (χ1v) is 9.55. The summed E-state index contributed by atoms with van der Waals surface area (Å²) in [6.45, 7) is 0.431. The minimum atomic E-state index is -0.398. The van der Waals surface area contributed by atoms with Gasteiger partial charge in [0.05, 0.1) is 26.5 Å². The normalized spacial score (nSPS) is 10.3. The third-order valence-electron chi connectivity index (χ3n) is 4.18. The highest BCUT2D eigenvalue weighted by atomic mass is 35.5. The van der Waals surface area contributed by atoms with Crippen LogP contribution in [0.25, 0.3) is 0 Å². The number of methoxy groups -OCH3 is 1. The van der Waals surface area contributed by atoms with E-state index in [1.807, 2.05) is 12.1 Å². The van der Waals surface area contributed by atoms with Crippen molar-refractivity contribution in [1.29, 1.82) is 0 Å². The maximum absolute atomic E-state index is 12.4. The Morgan fingerprint density at radius 1 is 1.03 bits per heavy atom. The first kappa shape index (κ1) is 21.3. The number of carbonyl (C=O) groups excluding carboxylic acids is 2. The van der Waals surface area contributed by atoms with E-state index in [2.05, 4.69) is 10.6 Å². The quantitative estimate of drug-likeness (QED) is 0.544. The number of hydrogen-bond donors (Lipinski definition) is 2. The van der Waals surface area contributed by atoms with Crippen LogP contribution in [0.15, 0.2) is 65.3 Å². The molecule has 0 saturated carbocycles. The summed E-state index contributed by atoms with van der Waals surface area (Å²) in [6, 6.07) is 15.6. The van der Waals surface area contributed by atoms with Gasteiger partial charge in [0, 0.05) is 10.6 Å². The summed E-state index contributed by atoms with van der Waals surface area (Å²) in [6.07, 6.45) is 1.53. The van der Waals surface area contributed by atoms with Crippen molar-refractivity contribution in [2.24, 2.45) is 0 Å². The van der Waals surface area contributed by atoms with E-state index < -0.39 is 5.91 Å². The number of halogens is 1. The molecular weight excluding hydrogens is 408 g/mol. The van der Waals surface area contributed by atoms with E-state index in [1.54, 1.807) is 42.5 Å². The fourth-order valence-electron chi connectivity index (χ4n) is 2.59. The molecule has 0 aliphatic heterocycles. The van der Waals surface area contributed by atoms with Crippen LogP contribution in [0, 0.1) is 0 Å². The molecular formula is C22H21ClN2O5. The van der Waals surface area contributed by atoms with E-state index in [9.17, 15) is 9.59 Å². The van der Waals surface area contributed by atoms with E-state index in [1.165, 1.54) is 13.4 Å². The van der Waals surface area contributed by atoms with Crippen molar-refractivity contribution in [1.82, 2.24) is 10.6 Å². The smallest absolute Gasteiger partial charge is 0.251 e. The van der Waals surface area contributed by atoms with E-state index in [4.69, 9.17) is 25.5 Å². The molecule has 0 bridgehead atoms. The standard InChI is InChI=1S/C22H21ClN2O5/c1-28-20-11-16(6-9-19(20)30-14-15-4-7-17(23)8-5-15)22(27)25-13-21(26)24-12-18-3-2-10-29-18/h2-11H,12-14H2,1H3,(H,24,26)(H,25,27). The molecule has 2 aromatic carbocycles. The molecule has 30 heavy (non-hydrogen) atoms. The molecule has 0 radical (unpaired) electrons. The van der Waals surface area contributed by atoms with Gasteiger partial charge in [-0.05, 0) is 48.0 Å². The van der Waals surface area contributed by atoms with Crippen LogP contribution in [0.1, 0.15) is 21.7 Å². The summed E-state index contributed by atoms with van der Waals surface area (Å²) in [5, 5.41) is 5.89. The van der Waals surface area contributed by atoms with Gasteiger partial charge in [-0.2, -0.15) is 0 Å². The molecule has 1 heterocycles. The highest BCUT2D eigenvalue weighted by Crippen LogP contribution is 2.29. The first-order valence-electron chi connectivity index (χ1n) is 9.17. The van der Waals surface area contributed by atoms with Gasteiger partial charge < -0.3 is 24.5 Å². The largest absolute Gasteiger partial charge is 0.493 e. The lowest BCUT2D eigenvalue weighted by atomic mass is 10.2. The Labute approximate surface area is 178 Å². The molecule has 0 fully saturated rings. The van der Waals surface area contributed by atoms with Crippen LogP contribution in [0.3, 0.4) is 0 Å². The maximum Gasteiger partial charge on any atom is 0.251 e. The van der Waals surface area contributed by atoms with Gasteiger partial charge in [0.1, 0.15) is 12.4 Å². The number of nitrogens with one attached hydrogen (secondary N) is 2. The van der Waals surface area contributed by atoms with Crippen LogP contribution < -0.4 is 20.1 Å².